The van der Waals surface area contributed by atoms with Gasteiger partial charge in [0, 0.05) is 11.3 Å². The highest BCUT2D eigenvalue weighted by molar-refractivity contribution is 7.76. The lowest BCUT2D eigenvalue weighted by Gasteiger charge is -2.19. The Bertz CT molecular complexity index is 109. The highest BCUT2D eigenvalue weighted by atomic mass is 32.2. The van der Waals surface area contributed by atoms with Gasteiger partial charge in [0.2, 0.25) is 0 Å². The molecule has 1 atom stereocenters. The summed E-state index contributed by atoms with van der Waals surface area (Å²) in [6.45, 7) is 5.23. The van der Waals surface area contributed by atoms with Gasteiger partial charge in [-0.3, -0.25) is 9.05 Å². The van der Waals surface area contributed by atoms with E-state index < -0.39 is 16.9 Å². The lowest BCUT2D eigenvalue weighted by molar-refractivity contribution is -0.0365. The van der Waals surface area contributed by atoms with Crippen molar-refractivity contribution in [1.29, 1.82) is 0 Å². The van der Waals surface area contributed by atoms with Crippen molar-refractivity contribution in [2.75, 3.05) is 0 Å². The largest absolute Gasteiger partial charge is 0.758 e. The predicted octanol–water partition coefficient (Wildman–Crippen LogP) is 0.100. The monoisotopic (exact) mass is 152 g/mol. The normalized spacial score (nSPS) is 15.6. The predicted molar refractivity (Wildman–Crippen MR) is 32.9 cm³/mol. The minimum atomic E-state index is -2.33. The van der Waals surface area contributed by atoms with Crippen molar-refractivity contribution in [2.45, 2.75) is 26.4 Å². The van der Waals surface area contributed by atoms with Gasteiger partial charge in [-0.25, -0.2) is 0 Å². The summed E-state index contributed by atoms with van der Waals surface area (Å²) in [6, 6.07) is 0. The Kier molecular flexibility index (Phi) is 3.27. The molecule has 1 N–H and O–H groups in total. The van der Waals surface area contributed by atoms with Gasteiger partial charge in [-0.05, 0) is 20.8 Å². The molecule has 0 rings (SSSR count). The topological polar surface area (TPSA) is 61.4 Å². The lowest BCUT2D eigenvalue weighted by Crippen LogP contribution is -2.30. The molecule has 5 heteroatoms. The van der Waals surface area contributed by atoms with E-state index in [4.69, 9.17) is 0 Å². The van der Waals surface area contributed by atoms with E-state index in [-0.39, 0.29) is 0 Å². The average Bonchev–Trinajstić information content (AvgIpc) is 1.59. The van der Waals surface area contributed by atoms with Crippen molar-refractivity contribution < 1.29 is 13.6 Å². The maximum absolute atomic E-state index is 9.81. The summed E-state index contributed by atoms with van der Waals surface area (Å²) in [5, 5.41) is 0. The van der Waals surface area contributed by atoms with Gasteiger partial charge in [0.1, 0.15) is 0 Å². The van der Waals surface area contributed by atoms with Crippen LogP contribution in [0.4, 0.5) is 0 Å². The number of rotatable bonds is 2. The highest BCUT2D eigenvalue weighted by Gasteiger charge is 2.09. The van der Waals surface area contributed by atoms with Gasteiger partial charge >= 0.3 is 0 Å². The molecule has 9 heavy (non-hydrogen) atoms. The SMILES string of the molecule is CC(C)(C)ONS(=O)[O-]. The molecule has 0 aromatic carbocycles. The smallest absolute Gasteiger partial charge is 0.0824 e. The first-order chi connectivity index (χ1) is 3.92. The average molecular weight is 152 g/mol. The molecule has 0 saturated heterocycles. The summed E-state index contributed by atoms with van der Waals surface area (Å²) in [5.41, 5.74) is -0.472. The molecule has 0 fully saturated rings. The highest BCUT2D eigenvalue weighted by Crippen LogP contribution is 2.02. The number of hydrogen-bond acceptors (Lipinski definition) is 3. The summed E-state index contributed by atoms with van der Waals surface area (Å²) >= 11 is -2.33. The summed E-state index contributed by atoms with van der Waals surface area (Å²) in [5.74, 6) is 0. The fraction of sp³-hybridized carbons (Fsp3) is 1.00. The van der Waals surface area contributed by atoms with E-state index in [0.717, 1.165) is 0 Å². The first-order valence-corrected chi connectivity index (χ1v) is 3.52. The zero-order valence-corrected chi connectivity index (χ0v) is 6.45. The van der Waals surface area contributed by atoms with Crippen LogP contribution in [0.25, 0.3) is 0 Å². The van der Waals surface area contributed by atoms with Crippen LogP contribution in [0, 0.1) is 0 Å². The van der Waals surface area contributed by atoms with Crippen LogP contribution in [0.1, 0.15) is 20.8 Å². The molecule has 0 saturated carbocycles. The van der Waals surface area contributed by atoms with E-state index in [1.807, 2.05) is 0 Å². The summed E-state index contributed by atoms with van der Waals surface area (Å²) < 4.78 is 19.6. The summed E-state index contributed by atoms with van der Waals surface area (Å²) in [4.78, 5) is 6.43. The zero-order chi connectivity index (χ0) is 7.49. The van der Waals surface area contributed by atoms with Crippen LogP contribution in [0.3, 0.4) is 0 Å². The zero-order valence-electron chi connectivity index (χ0n) is 5.63. The van der Waals surface area contributed by atoms with Crippen LogP contribution in [0.2, 0.25) is 0 Å². The Labute approximate surface area is 57.0 Å². The molecule has 1 unspecified atom stereocenters. The molecular formula is C4H10NO3S-. The van der Waals surface area contributed by atoms with Crippen LogP contribution in [-0.2, 0) is 16.1 Å². The third-order valence-electron chi connectivity index (χ3n) is 0.416. The molecular weight excluding hydrogens is 142 g/mol. The number of hydrogen-bond donors (Lipinski definition) is 1. The van der Waals surface area contributed by atoms with Crippen molar-refractivity contribution in [1.82, 2.24) is 4.89 Å². The van der Waals surface area contributed by atoms with Gasteiger partial charge in [-0.15, -0.1) is 4.89 Å². The Morgan fingerprint density at radius 1 is 1.56 bits per heavy atom. The van der Waals surface area contributed by atoms with Crippen LogP contribution in [-0.4, -0.2) is 14.4 Å². The quantitative estimate of drug-likeness (QED) is 0.451. The maximum atomic E-state index is 9.81. The standard InChI is InChI=1S/C4H11NO3S/c1-4(2,3)8-5-9(6)7/h5H,1-3H3,(H,6,7)/p-1. The van der Waals surface area contributed by atoms with Crippen molar-refractivity contribution >= 4 is 11.3 Å². The first kappa shape index (κ1) is 9.03. The molecule has 0 bridgehead atoms. The lowest BCUT2D eigenvalue weighted by atomic mass is 10.2. The maximum Gasteiger partial charge on any atom is 0.0824 e. The Balaban J connectivity index is 3.39. The van der Waals surface area contributed by atoms with E-state index in [2.05, 4.69) is 4.84 Å². The minimum absolute atomic E-state index is 0.472. The molecule has 0 spiro atoms. The van der Waals surface area contributed by atoms with Gasteiger partial charge in [0.05, 0.1) is 5.60 Å². The molecule has 0 amide bonds. The first-order valence-electron chi connectivity index (χ1n) is 2.45. The van der Waals surface area contributed by atoms with Crippen molar-refractivity contribution in [2.24, 2.45) is 0 Å². The van der Waals surface area contributed by atoms with E-state index in [1.165, 1.54) is 0 Å². The third-order valence-corrected chi connectivity index (χ3v) is 0.635. The van der Waals surface area contributed by atoms with E-state index >= 15 is 0 Å². The van der Waals surface area contributed by atoms with Crippen molar-refractivity contribution in [3.8, 4) is 0 Å². The van der Waals surface area contributed by atoms with Gasteiger partial charge < -0.3 is 4.55 Å². The van der Waals surface area contributed by atoms with Crippen molar-refractivity contribution in [3.63, 3.8) is 0 Å². The van der Waals surface area contributed by atoms with E-state index in [0.29, 0.717) is 0 Å². The molecule has 0 aliphatic carbocycles. The van der Waals surface area contributed by atoms with E-state index in [9.17, 15) is 8.76 Å². The van der Waals surface area contributed by atoms with Gasteiger partial charge in [0.15, 0.2) is 0 Å². The summed E-state index contributed by atoms with van der Waals surface area (Å²) in [6.07, 6.45) is 0. The molecule has 0 aromatic heterocycles. The second-order valence-electron chi connectivity index (χ2n) is 2.53. The van der Waals surface area contributed by atoms with Gasteiger partial charge in [0.25, 0.3) is 0 Å². The molecule has 0 aliphatic heterocycles. The molecule has 0 aromatic rings. The number of nitrogens with one attached hydrogen (secondary N) is 1. The Morgan fingerprint density at radius 2 is 2.00 bits per heavy atom. The molecule has 0 heterocycles. The van der Waals surface area contributed by atoms with Crippen LogP contribution < -0.4 is 4.89 Å². The molecule has 0 aliphatic rings. The fourth-order valence-electron chi connectivity index (χ4n) is 0.159. The van der Waals surface area contributed by atoms with Gasteiger partial charge in [-0.1, -0.05) is 0 Å². The van der Waals surface area contributed by atoms with Gasteiger partial charge in [-0.2, -0.15) is 0 Å². The molecule has 0 radical (unpaired) electrons. The Morgan fingerprint density at radius 3 is 2.11 bits per heavy atom. The Hall–Kier alpha value is 0.0300. The fourth-order valence-corrected chi connectivity index (χ4v) is 0.477. The third kappa shape index (κ3) is 8.03. The van der Waals surface area contributed by atoms with Crippen LogP contribution in [0.15, 0.2) is 0 Å². The minimum Gasteiger partial charge on any atom is -0.758 e. The second-order valence-corrected chi connectivity index (χ2v) is 3.17. The summed E-state index contributed by atoms with van der Waals surface area (Å²) in [7, 11) is 0. The second kappa shape index (κ2) is 3.26. The van der Waals surface area contributed by atoms with E-state index in [1.54, 1.807) is 25.7 Å². The van der Waals surface area contributed by atoms with Crippen LogP contribution >= 0.6 is 0 Å². The molecule has 56 valence electrons. The molecule has 4 nitrogen and oxygen atoms in total. The van der Waals surface area contributed by atoms with Crippen molar-refractivity contribution in [3.05, 3.63) is 0 Å². The van der Waals surface area contributed by atoms with Crippen LogP contribution in [0.5, 0.6) is 0 Å².